The van der Waals surface area contributed by atoms with Crippen molar-refractivity contribution < 1.29 is 50.1 Å². The average molecular weight is 610 g/mol. The summed E-state index contributed by atoms with van der Waals surface area (Å²) in [5.41, 5.74) is -1.60. The van der Waals surface area contributed by atoms with Gasteiger partial charge in [-0.3, -0.25) is 9.10 Å². The Morgan fingerprint density at radius 1 is 1.07 bits per heavy atom. The van der Waals surface area contributed by atoms with Crippen LogP contribution in [-0.4, -0.2) is 52.5 Å². The van der Waals surface area contributed by atoms with Crippen molar-refractivity contribution in [3.63, 3.8) is 0 Å². The van der Waals surface area contributed by atoms with Gasteiger partial charge in [0.05, 0.1) is 35.2 Å². The van der Waals surface area contributed by atoms with Crippen molar-refractivity contribution in [2.24, 2.45) is 5.41 Å². The summed E-state index contributed by atoms with van der Waals surface area (Å²) in [6.45, 7) is 0.0576. The van der Waals surface area contributed by atoms with Crippen molar-refractivity contribution in [1.82, 2.24) is 0 Å². The van der Waals surface area contributed by atoms with Crippen molar-refractivity contribution >= 4 is 21.7 Å². The van der Waals surface area contributed by atoms with E-state index in [1.165, 1.54) is 31.4 Å². The topological polar surface area (TPSA) is 102 Å². The number of anilines is 1. The predicted molar refractivity (Wildman–Crippen MR) is 144 cm³/mol. The summed E-state index contributed by atoms with van der Waals surface area (Å²) >= 11 is 0. The smallest absolute Gasteiger partial charge is 0.416 e. The molecule has 0 amide bonds. The van der Waals surface area contributed by atoms with Gasteiger partial charge in [-0.2, -0.15) is 13.2 Å². The Balaban J connectivity index is 1.61. The number of sulfonamides is 1. The van der Waals surface area contributed by atoms with Gasteiger partial charge < -0.3 is 19.3 Å². The lowest BCUT2D eigenvalue weighted by Crippen LogP contribution is -2.48. The minimum absolute atomic E-state index is 0.0146. The summed E-state index contributed by atoms with van der Waals surface area (Å²) in [5, 5.41) is 10.1. The molecule has 3 aromatic carbocycles. The van der Waals surface area contributed by atoms with E-state index in [-0.39, 0.29) is 56.2 Å². The maximum absolute atomic E-state index is 14.3. The van der Waals surface area contributed by atoms with E-state index in [2.05, 4.69) is 0 Å². The van der Waals surface area contributed by atoms with E-state index >= 15 is 0 Å². The zero-order chi connectivity index (χ0) is 30.3. The zero-order valence-corrected chi connectivity index (χ0v) is 23.2. The van der Waals surface area contributed by atoms with Crippen LogP contribution in [0.5, 0.6) is 11.5 Å². The lowest BCUT2D eigenvalue weighted by molar-refractivity contribution is -0.157. The largest absolute Gasteiger partial charge is 0.497 e. The lowest BCUT2D eigenvalue weighted by atomic mass is 9.75. The Kier molecular flexibility index (Phi) is 7.84. The predicted octanol–water partition coefficient (Wildman–Crippen LogP) is 5.75. The molecule has 1 atom stereocenters. The molecule has 0 spiro atoms. The van der Waals surface area contributed by atoms with Gasteiger partial charge in [0.25, 0.3) is 10.0 Å². The Bertz CT molecular complexity index is 1600. The molecule has 0 radical (unpaired) electrons. The molecule has 42 heavy (non-hydrogen) atoms. The lowest BCUT2D eigenvalue weighted by Gasteiger charge is -2.40. The van der Waals surface area contributed by atoms with Gasteiger partial charge in [-0.15, -0.1) is 0 Å². The second kappa shape index (κ2) is 11.1. The molecular formula is C29H27F4NO7S. The molecule has 1 fully saturated rings. The molecule has 0 saturated carbocycles. The fourth-order valence-corrected chi connectivity index (χ4v) is 6.88. The molecule has 1 N–H and O–H groups in total. The van der Waals surface area contributed by atoms with E-state index in [9.17, 15) is 35.9 Å². The van der Waals surface area contributed by atoms with Crippen LogP contribution in [0.15, 0.2) is 65.6 Å². The first kappa shape index (κ1) is 29.6. The Hall–Kier alpha value is -3.84. The summed E-state index contributed by atoms with van der Waals surface area (Å²) in [4.78, 5) is 11.7. The number of carboxylic acid groups (broad SMARTS) is 1. The number of hydrogen-bond acceptors (Lipinski definition) is 6. The highest BCUT2D eigenvalue weighted by molar-refractivity contribution is 7.92. The Labute approximate surface area is 239 Å². The molecular weight excluding hydrogens is 582 g/mol. The van der Waals surface area contributed by atoms with Crippen LogP contribution in [0.25, 0.3) is 11.1 Å². The van der Waals surface area contributed by atoms with Crippen LogP contribution in [0, 0.1) is 11.2 Å². The van der Waals surface area contributed by atoms with E-state index in [1.54, 1.807) is 12.1 Å². The van der Waals surface area contributed by atoms with Gasteiger partial charge in [0.15, 0.2) is 0 Å². The molecule has 5 rings (SSSR count). The molecule has 8 nitrogen and oxygen atoms in total. The van der Waals surface area contributed by atoms with E-state index in [1.807, 2.05) is 0 Å². The number of hydrogen-bond donors (Lipinski definition) is 1. The van der Waals surface area contributed by atoms with Crippen LogP contribution < -0.4 is 13.8 Å². The highest BCUT2D eigenvalue weighted by atomic mass is 32.2. The van der Waals surface area contributed by atoms with Gasteiger partial charge in [0.1, 0.15) is 23.4 Å². The number of aliphatic carboxylic acids is 1. The summed E-state index contributed by atoms with van der Waals surface area (Å²) in [6, 6.07) is 11.8. The minimum atomic E-state index is -4.78. The number of rotatable bonds is 7. The van der Waals surface area contributed by atoms with Crippen molar-refractivity contribution in [1.29, 1.82) is 0 Å². The number of carboxylic acids is 1. The SMILES string of the molecule is COc1cc(F)cc(-c2ccc3c(c2)N(S(=O)(=O)c2cccc(C(F)(F)F)c2)C[C@H](CC2(C(=O)O)CCOCC2)O3)c1. The third-order valence-corrected chi connectivity index (χ3v) is 9.38. The van der Waals surface area contributed by atoms with Gasteiger partial charge >= 0.3 is 12.1 Å². The number of carbonyl (C=O) groups is 1. The summed E-state index contributed by atoms with van der Waals surface area (Å²) in [6.07, 6.45) is -5.39. The monoisotopic (exact) mass is 609 g/mol. The number of fused-ring (bicyclic) bond motifs is 1. The van der Waals surface area contributed by atoms with Crippen LogP contribution in [0.3, 0.4) is 0 Å². The van der Waals surface area contributed by atoms with Crippen LogP contribution in [0.4, 0.5) is 23.2 Å². The van der Waals surface area contributed by atoms with Crippen LogP contribution in [-0.2, 0) is 25.7 Å². The van der Waals surface area contributed by atoms with Crippen molar-refractivity contribution in [2.75, 3.05) is 31.2 Å². The highest BCUT2D eigenvalue weighted by Gasteiger charge is 2.45. The molecule has 0 aliphatic carbocycles. The van der Waals surface area contributed by atoms with Crippen LogP contribution >= 0.6 is 0 Å². The van der Waals surface area contributed by atoms with E-state index in [0.717, 1.165) is 22.5 Å². The molecule has 0 aromatic heterocycles. The fourth-order valence-electron chi connectivity index (χ4n) is 5.34. The molecule has 2 aliphatic rings. The van der Waals surface area contributed by atoms with Crippen LogP contribution in [0.1, 0.15) is 24.8 Å². The van der Waals surface area contributed by atoms with Crippen molar-refractivity contribution in [3.8, 4) is 22.6 Å². The molecule has 13 heteroatoms. The third kappa shape index (κ3) is 5.75. The van der Waals surface area contributed by atoms with Gasteiger partial charge in [-0.1, -0.05) is 12.1 Å². The Morgan fingerprint density at radius 2 is 1.81 bits per heavy atom. The second-order valence-corrected chi connectivity index (χ2v) is 12.1. The van der Waals surface area contributed by atoms with Crippen molar-refractivity contribution in [3.05, 3.63) is 72.0 Å². The van der Waals surface area contributed by atoms with E-state index in [4.69, 9.17) is 14.2 Å². The highest BCUT2D eigenvalue weighted by Crippen LogP contribution is 2.44. The molecule has 2 aliphatic heterocycles. The Morgan fingerprint density at radius 3 is 2.48 bits per heavy atom. The summed E-state index contributed by atoms with van der Waals surface area (Å²) < 4.78 is 100. The molecule has 1 saturated heterocycles. The number of methoxy groups -OCH3 is 1. The first-order valence-electron chi connectivity index (χ1n) is 13.0. The normalized spacial score (nSPS) is 18.6. The number of benzene rings is 3. The minimum Gasteiger partial charge on any atom is -0.497 e. The summed E-state index contributed by atoms with van der Waals surface area (Å²) in [5.74, 6) is -1.35. The average Bonchev–Trinajstić information content (AvgIpc) is 2.96. The van der Waals surface area contributed by atoms with Gasteiger partial charge in [0.2, 0.25) is 0 Å². The first-order chi connectivity index (χ1) is 19.8. The van der Waals surface area contributed by atoms with E-state index < -0.39 is 50.0 Å². The van der Waals surface area contributed by atoms with Gasteiger partial charge in [-0.25, -0.2) is 12.8 Å². The third-order valence-electron chi connectivity index (χ3n) is 7.60. The molecule has 3 aromatic rings. The van der Waals surface area contributed by atoms with Crippen LogP contribution in [0.2, 0.25) is 0 Å². The second-order valence-electron chi connectivity index (χ2n) is 10.3. The van der Waals surface area contributed by atoms with Gasteiger partial charge in [-0.05, 0) is 66.4 Å². The summed E-state index contributed by atoms with van der Waals surface area (Å²) in [7, 11) is -3.24. The number of halogens is 4. The maximum atomic E-state index is 14.3. The quantitative estimate of drug-likeness (QED) is 0.341. The molecule has 2 heterocycles. The maximum Gasteiger partial charge on any atom is 0.416 e. The molecule has 224 valence electrons. The zero-order valence-electron chi connectivity index (χ0n) is 22.4. The standard InChI is InChI=1S/C29H27F4NO7S/c1-39-22-12-19(11-21(30)15-22)18-5-6-26-25(13-18)34(42(37,38)24-4-2-3-20(14-24)29(31,32)33)17-23(41-26)16-28(27(35)36)7-9-40-10-8-28/h2-6,11-15,23H,7-10,16-17H2,1H3,(H,35,36)/t23-/m0/s1. The molecule has 0 unspecified atom stereocenters. The van der Waals surface area contributed by atoms with E-state index in [0.29, 0.717) is 17.2 Å². The molecule has 0 bridgehead atoms. The number of ether oxygens (including phenoxy) is 3. The number of nitrogens with zero attached hydrogens (tertiary/aromatic N) is 1. The fraction of sp³-hybridized carbons (Fsp3) is 0.345. The first-order valence-corrected chi connectivity index (χ1v) is 14.4. The number of alkyl halides is 3. The van der Waals surface area contributed by atoms with Crippen molar-refractivity contribution in [2.45, 2.75) is 36.4 Å². The van der Waals surface area contributed by atoms with Gasteiger partial charge in [0, 0.05) is 25.7 Å².